The number of rotatable bonds is 4. The molecule has 122 valence electrons. The number of aromatic nitrogens is 2. The Morgan fingerprint density at radius 2 is 2.35 bits per heavy atom. The summed E-state index contributed by atoms with van der Waals surface area (Å²) < 4.78 is 15.6. The minimum absolute atomic E-state index is 0.256. The van der Waals surface area contributed by atoms with E-state index in [1.807, 2.05) is 0 Å². The van der Waals surface area contributed by atoms with Crippen LogP contribution in [0.25, 0.3) is 0 Å². The fraction of sp³-hybridized carbons (Fsp3) is 0.375. The number of fused-ring (bicyclic) bond motifs is 1. The molecular weight excluding hydrogens is 299 g/mol. The maximum Gasteiger partial charge on any atom is 0.257 e. The molecule has 3 N–H and O–H groups in total. The van der Waals surface area contributed by atoms with Crippen LogP contribution in [0.1, 0.15) is 28.9 Å². The summed E-state index contributed by atoms with van der Waals surface area (Å²) in [7, 11) is 0. The maximum atomic E-state index is 13.8. The molecule has 0 radical (unpaired) electrons. The summed E-state index contributed by atoms with van der Waals surface area (Å²) in [4.78, 5) is 12.5. The SMILES string of the molecule is CC1CNc2c(C(=O)NC(CO)c3ccccc3F)cnn2C1. The van der Waals surface area contributed by atoms with Crippen LogP contribution in [0.15, 0.2) is 30.5 Å². The van der Waals surface area contributed by atoms with E-state index >= 15 is 0 Å². The first-order valence-corrected chi connectivity index (χ1v) is 7.56. The number of anilines is 1. The van der Waals surface area contributed by atoms with E-state index in [1.54, 1.807) is 22.9 Å². The molecule has 0 fully saturated rings. The summed E-state index contributed by atoms with van der Waals surface area (Å²) in [6.07, 6.45) is 1.49. The highest BCUT2D eigenvalue weighted by Gasteiger charge is 2.25. The molecular formula is C16H19FN4O2. The van der Waals surface area contributed by atoms with Crippen LogP contribution in [-0.2, 0) is 6.54 Å². The molecule has 2 aromatic rings. The average Bonchev–Trinajstić information content (AvgIpc) is 2.96. The number of hydrogen-bond donors (Lipinski definition) is 3. The van der Waals surface area contributed by atoms with Gasteiger partial charge in [0.25, 0.3) is 5.91 Å². The van der Waals surface area contributed by atoms with Gasteiger partial charge in [-0.25, -0.2) is 9.07 Å². The van der Waals surface area contributed by atoms with Crippen LogP contribution in [0.3, 0.4) is 0 Å². The van der Waals surface area contributed by atoms with Crippen molar-refractivity contribution in [1.82, 2.24) is 15.1 Å². The smallest absolute Gasteiger partial charge is 0.257 e. The minimum atomic E-state index is -0.804. The van der Waals surface area contributed by atoms with Crippen LogP contribution in [0, 0.1) is 11.7 Å². The molecule has 1 amide bonds. The Kier molecular flexibility index (Phi) is 4.29. The van der Waals surface area contributed by atoms with Crippen LogP contribution in [0.2, 0.25) is 0 Å². The molecule has 0 aliphatic carbocycles. The monoisotopic (exact) mass is 318 g/mol. The van der Waals surface area contributed by atoms with Crippen molar-refractivity contribution in [2.24, 2.45) is 5.92 Å². The molecule has 0 saturated carbocycles. The molecule has 2 unspecified atom stereocenters. The van der Waals surface area contributed by atoms with Gasteiger partial charge in [0.2, 0.25) is 0 Å². The van der Waals surface area contributed by atoms with Gasteiger partial charge in [-0.1, -0.05) is 25.1 Å². The van der Waals surface area contributed by atoms with Gasteiger partial charge in [-0.15, -0.1) is 0 Å². The van der Waals surface area contributed by atoms with Crippen LogP contribution in [-0.4, -0.2) is 33.9 Å². The van der Waals surface area contributed by atoms with Crippen molar-refractivity contribution in [2.45, 2.75) is 19.5 Å². The molecule has 2 heterocycles. The lowest BCUT2D eigenvalue weighted by Crippen LogP contribution is -2.33. The Hall–Kier alpha value is -2.41. The highest BCUT2D eigenvalue weighted by atomic mass is 19.1. The highest BCUT2D eigenvalue weighted by molar-refractivity contribution is 5.99. The zero-order valence-electron chi connectivity index (χ0n) is 12.8. The predicted molar refractivity (Wildman–Crippen MR) is 83.6 cm³/mol. The number of benzene rings is 1. The lowest BCUT2D eigenvalue weighted by molar-refractivity contribution is 0.0915. The van der Waals surface area contributed by atoms with E-state index < -0.39 is 17.8 Å². The van der Waals surface area contributed by atoms with E-state index in [2.05, 4.69) is 22.7 Å². The van der Waals surface area contributed by atoms with Crippen molar-refractivity contribution in [3.8, 4) is 0 Å². The van der Waals surface area contributed by atoms with Crippen LogP contribution < -0.4 is 10.6 Å². The lowest BCUT2D eigenvalue weighted by Gasteiger charge is -2.23. The fourth-order valence-electron chi connectivity index (χ4n) is 2.72. The van der Waals surface area contributed by atoms with Crippen molar-refractivity contribution in [1.29, 1.82) is 0 Å². The van der Waals surface area contributed by atoms with Crippen molar-refractivity contribution < 1.29 is 14.3 Å². The Morgan fingerprint density at radius 1 is 1.57 bits per heavy atom. The molecule has 3 rings (SSSR count). The highest BCUT2D eigenvalue weighted by Crippen LogP contribution is 2.23. The quantitative estimate of drug-likeness (QED) is 0.799. The van der Waals surface area contributed by atoms with E-state index in [4.69, 9.17) is 0 Å². The first kappa shape index (κ1) is 15.5. The number of amides is 1. The van der Waals surface area contributed by atoms with E-state index in [0.29, 0.717) is 17.3 Å². The standard InChI is InChI=1S/C16H19FN4O2/c1-10-6-18-15-12(7-19-21(15)8-10)16(23)20-14(9-22)11-4-2-3-5-13(11)17/h2-5,7,10,14,18,22H,6,8-9H2,1H3,(H,20,23). The summed E-state index contributed by atoms with van der Waals surface area (Å²) >= 11 is 0. The summed E-state index contributed by atoms with van der Waals surface area (Å²) in [5.74, 6) is 0.235. The molecule has 0 spiro atoms. The fourth-order valence-corrected chi connectivity index (χ4v) is 2.72. The summed E-state index contributed by atoms with van der Waals surface area (Å²) in [6, 6.07) is 5.27. The molecule has 6 nitrogen and oxygen atoms in total. The van der Waals surface area contributed by atoms with Crippen LogP contribution >= 0.6 is 0 Å². The third-order valence-electron chi connectivity index (χ3n) is 3.96. The number of aliphatic hydroxyl groups is 1. The van der Waals surface area contributed by atoms with Gasteiger partial charge in [0.05, 0.1) is 18.8 Å². The normalized spacial score (nSPS) is 18.0. The molecule has 7 heteroatoms. The van der Waals surface area contributed by atoms with Gasteiger partial charge in [0, 0.05) is 18.7 Å². The number of hydrogen-bond acceptors (Lipinski definition) is 4. The average molecular weight is 318 g/mol. The maximum absolute atomic E-state index is 13.8. The summed E-state index contributed by atoms with van der Waals surface area (Å²) in [6.45, 7) is 3.22. The molecule has 1 aliphatic rings. The number of carbonyl (C=O) groups is 1. The van der Waals surface area contributed by atoms with Crippen molar-refractivity contribution in [2.75, 3.05) is 18.5 Å². The van der Waals surface area contributed by atoms with Gasteiger partial charge >= 0.3 is 0 Å². The van der Waals surface area contributed by atoms with Gasteiger partial charge in [0.15, 0.2) is 0 Å². The number of aliphatic hydroxyl groups excluding tert-OH is 1. The molecule has 23 heavy (non-hydrogen) atoms. The molecule has 0 saturated heterocycles. The van der Waals surface area contributed by atoms with Gasteiger partial charge in [-0.2, -0.15) is 5.10 Å². The van der Waals surface area contributed by atoms with Gasteiger partial charge in [-0.05, 0) is 12.0 Å². The van der Waals surface area contributed by atoms with E-state index in [0.717, 1.165) is 13.1 Å². The Labute approximate surface area is 133 Å². The largest absolute Gasteiger partial charge is 0.394 e. The molecule has 1 aromatic heterocycles. The van der Waals surface area contributed by atoms with E-state index in [1.165, 1.54) is 12.3 Å². The van der Waals surface area contributed by atoms with Gasteiger partial charge in [0.1, 0.15) is 17.2 Å². The zero-order valence-corrected chi connectivity index (χ0v) is 12.8. The first-order valence-electron chi connectivity index (χ1n) is 7.56. The van der Waals surface area contributed by atoms with Crippen LogP contribution in [0.4, 0.5) is 10.2 Å². The van der Waals surface area contributed by atoms with Crippen molar-refractivity contribution >= 4 is 11.7 Å². The predicted octanol–water partition coefficient (Wildman–Crippen LogP) is 1.55. The number of carbonyl (C=O) groups excluding carboxylic acids is 1. The number of halogens is 1. The second-order valence-electron chi connectivity index (χ2n) is 5.81. The second-order valence-corrected chi connectivity index (χ2v) is 5.81. The third kappa shape index (κ3) is 3.05. The Balaban J connectivity index is 1.80. The molecule has 1 aromatic carbocycles. The first-order chi connectivity index (χ1) is 11.1. The minimum Gasteiger partial charge on any atom is -0.394 e. The van der Waals surface area contributed by atoms with Gasteiger partial charge < -0.3 is 15.7 Å². The van der Waals surface area contributed by atoms with E-state index in [9.17, 15) is 14.3 Å². The summed E-state index contributed by atoms with van der Waals surface area (Å²) in [5.41, 5.74) is 0.651. The van der Waals surface area contributed by atoms with Crippen LogP contribution in [0.5, 0.6) is 0 Å². The van der Waals surface area contributed by atoms with Crippen molar-refractivity contribution in [3.05, 3.63) is 47.4 Å². The lowest BCUT2D eigenvalue weighted by atomic mass is 10.1. The molecule has 1 aliphatic heterocycles. The number of nitrogens with one attached hydrogen (secondary N) is 2. The third-order valence-corrected chi connectivity index (χ3v) is 3.96. The molecule has 0 bridgehead atoms. The summed E-state index contributed by atoms with van der Waals surface area (Å²) in [5, 5.41) is 19.6. The Morgan fingerprint density at radius 3 is 3.09 bits per heavy atom. The number of nitrogens with zero attached hydrogens (tertiary/aromatic N) is 2. The zero-order chi connectivity index (χ0) is 16.4. The Bertz CT molecular complexity index is 716. The topological polar surface area (TPSA) is 79.2 Å². The van der Waals surface area contributed by atoms with E-state index in [-0.39, 0.29) is 12.2 Å². The molecule has 2 atom stereocenters. The second kappa shape index (κ2) is 6.37. The van der Waals surface area contributed by atoms with Gasteiger partial charge in [-0.3, -0.25) is 4.79 Å². The van der Waals surface area contributed by atoms with Crippen molar-refractivity contribution in [3.63, 3.8) is 0 Å².